The van der Waals surface area contributed by atoms with Crippen LogP contribution < -0.4 is 4.90 Å². The molecule has 0 N–H and O–H groups in total. The molecular formula is C20H24N2O. The molecule has 1 aliphatic heterocycles. The molecule has 0 aliphatic carbocycles. The Morgan fingerprint density at radius 2 is 1.87 bits per heavy atom. The number of hydrogen-bond acceptors (Lipinski definition) is 2. The molecule has 0 atom stereocenters. The molecule has 1 heterocycles. The van der Waals surface area contributed by atoms with E-state index in [2.05, 4.69) is 55.3 Å². The smallest absolute Gasteiger partial charge is 0.228 e. The van der Waals surface area contributed by atoms with Crippen LogP contribution in [0.3, 0.4) is 0 Å². The molecule has 3 nitrogen and oxygen atoms in total. The number of fused-ring (bicyclic) bond motifs is 1. The van der Waals surface area contributed by atoms with Crippen LogP contribution in [0.2, 0.25) is 0 Å². The summed E-state index contributed by atoms with van der Waals surface area (Å²) in [6, 6.07) is 16.7. The molecular weight excluding hydrogens is 284 g/mol. The lowest BCUT2D eigenvalue weighted by Crippen LogP contribution is -2.32. The first-order valence-corrected chi connectivity index (χ1v) is 8.26. The zero-order valence-electron chi connectivity index (χ0n) is 14.0. The minimum Gasteiger partial charge on any atom is -0.312 e. The molecule has 0 spiro atoms. The normalized spacial score (nSPS) is 13.4. The zero-order chi connectivity index (χ0) is 16.2. The molecule has 0 radical (unpaired) electrons. The molecule has 1 amide bonds. The van der Waals surface area contributed by atoms with E-state index in [4.69, 9.17) is 0 Å². The Morgan fingerprint density at radius 3 is 2.70 bits per heavy atom. The van der Waals surface area contributed by atoms with E-state index in [1.807, 2.05) is 17.0 Å². The summed E-state index contributed by atoms with van der Waals surface area (Å²) in [6.07, 6.45) is 1.54. The van der Waals surface area contributed by atoms with E-state index in [0.29, 0.717) is 6.42 Å². The summed E-state index contributed by atoms with van der Waals surface area (Å²) in [4.78, 5) is 16.7. The Hall–Kier alpha value is -2.13. The van der Waals surface area contributed by atoms with Gasteiger partial charge in [0, 0.05) is 31.7 Å². The molecule has 0 fully saturated rings. The summed E-state index contributed by atoms with van der Waals surface area (Å²) in [5.41, 5.74) is 5.02. The van der Waals surface area contributed by atoms with Crippen molar-refractivity contribution >= 4 is 11.6 Å². The van der Waals surface area contributed by atoms with E-state index in [-0.39, 0.29) is 5.91 Å². The van der Waals surface area contributed by atoms with Gasteiger partial charge in [-0.15, -0.1) is 0 Å². The average Bonchev–Trinajstić information content (AvgIpc) is 2.99. The van der Waals surface area contributed by atoms with Crippen LogP contribution in [-0.2, 0) is 17.8 Å². The average molecular weight is 308 g/mol. The Bertz CT molecular complexity index is 696. The number of hydrogen-bond donors (Lipinski definition) is 0. The van der Waals surface area contributed by atoms with Gasteiger partial charge in [-0.3, -0.25) is 4.79 Å². The maximum Gasteiger partial charge on any atom is 0.228 e. The predicted octanol–water partition coefficient (Wildman–Crippen LogP) is 3.41. The van der Waals surface area contributed by atoms with Crippen molar-refractivity contribution in [1.29, 1.82) is 0 Å². The highest BCUT2D eigenvalue weighted by atomic mass is 16.2. The van der Waals surface area contributed by atoms with Gasteiger partial charge < -0.3 is 9.80 Å². The van der Waals surface area contributed by atoms with E-state index >= 15 is 0 Å². The summed E-state index contributed by atoms with van der Waals surface area (Å²) in [7, 11) is 2.08. The third-order valence-electron chi connectivity index (χ3n) is 4.60. The van der Waals surface area contributed by atoms with E-state index in [1.165, 1.54) is 16.7 Å². The van der Waals surface area contributed by atoms with Gasteiger partial charge in [-0.2, -0.15) is 0 Å². The summed E-state index contributed by atoms with van der Waals surface area (Å²) < 4.78 is 0. The minimum atomic E-state index is 0.228. The second-order valence-electron chi connectivity index (χ2n) is 6.34. The van der Waals surface area contributed by atoms with Crippen LogP contribution in [0.5, 0.6) is 0 Å². The van der Waals surface area contributed by atoms with E-state index in [0.717, 1.165) is 31.7 Å². The highest BCUT2D eigenvalue weighted by Crippen LogP contribution is 2.27. The molecule has 0 bridgehead atoms. The quantitative estimate of drug-likeness (QED) is 0.845. The second-order valence-corrected chi connectivity index (χ2v) is 6.34. The molecule has 0 aromatic heterocycles. The fraction of sp³-hybridized carbons (Fsp3) is 0.350. The lowest BCUT2D eigenvalue weighted by Gasteiger charge is -2.21. The molecule has 1 aliphatic rings. The standard InChI is InChI=1S/C20H24N2O/c1-16-7-3-4-9-18(16)15-21(2)13-12-20(23)22-14-11-17-8-5-6-10-19(17)22/h3-10H,11-15H2,1-2H3. The summed E-state index contributed by atoms with van der Waals surface area (Å²) >= 11 is 0. The molecule has 3 rings (SSSR count). The van der Waals surface area contributed by atoms with Crippen LogP contribution in [0.1, 0.15) is 23.1 Å². The van der Waals surface area contributed by atoms with Crippen molar-refractivity contribution < 1.29 is 4.79 Å². The van der Waals surface area contributed by atoms with Gasteiger partial charge in [0.1, 0.15) is 0 Å². The van der Waals surface area contributed by atoms with E-state index < -0.39 is 0 Å². The number of anilines is 1. The fourth-order valence-corrected chi connectivity index (χ4v) is 3.18. The first-order valence-electron chi connectivity index (χ1n) is 8.26. The molecule has 3 heteroatoms. The number of aryl methyl sites for hydroxylation is 1. The van der Waals surface area contributed by atoms with Gasteiger partial charge in [-0.25, -0.2) is 0 Å². The van der Waals surface area contributed by atoms with Crippen molar-refractivity contribution in [2.75, 3.05) is 25.0 Å². The monoisotopic (exact) mass is 308 g/mol. The number of amides is 1. The highest BCUT2D eigenvalue weighted by molar-refractivity contribution is 5.95. The molecule has 0 saturated heterocycles. The maximum absolute atomic E-state index is 12.5. The van der Waals surface area contributed by atoms with Crippen LogP contribution in [0, 0.1) is 6.92 Å². The van der Waals surface area contributed by atoms with Gasteiger partial charge in [0.25, 0.3) is 0 Å². The first-order chi connectivity index (χ1) is 11.1. The third kappa shape index (κ3) is 3.62. The Kier molecular flexibility index (Phi) is 4.77. The molecule has 0 saturated carbocycles. The van der Waals surface area contributed by atoms with Crippen LogP contribution >= 0.6 is 0 Å². The first kappa shape index (κ1) is 15.8. The number of carbonyl (C=O) groups is 1. The number of nitrogens with zero attached hydrogens (tertiary/aromatic N) is 2. The highest BCUT2D eigenvalue weighted by Gasteiger charge is 2.23. The van der Waals surface area contributed by atoms with E-state index in [9.17, 15) is 4.79 Å². The molecule has 2 aromatic rings. The minimum absolute atomic E-state index is 0.228. The van der Waals surface area contributed by atoms with Crippen molar-refractivity contribution in [3.63, 3.8) is 0 Å². The van der Waals surface area contributed by atoms with Gasteiger partial charge >= 0.3 is 0 Å². The number of rotatable bonds is 5. The largest absolute Gasteiger partial charge is 0.312 e. The SMILES string of the molecule is Cc1ccccc1CN(C)CCC(=O)N1CCc2ccccc21. The second kappa shape index (κ2) is 6.97. The van der Waals surface area contributed by atoms with Crippen molar-refractivity contribution in [3.8, 4) is 0 Å². The van der Waals surface area contributed by atoms with E-state index in [1.54, 1.807) is 0 Å². The molecule has 0 unspecified atom stereocenters. The van der Waals surface area contributed by atoms with Gasteiger partial charge in [0.15, 0.2) is 0 Å². The van der Waals surface area contributed by atoms with Crippen LogP contribution in [0.4, 0.5) is 5.69 Å². The van der Waals surface area contributed by atoms with Gasteiger partial charge in [0.05, 0.1) is 0 Å². The third-order valence-corrected chi connectivity index (χ3v) is 4.60. The summed E-state index contributed by atoms with van der Waals surface area (Å²) in [5.74, 6) is 0.228. The summed E-state index contributed by atoms with van der Waals surface area (Å²) in [5, 5.41) is 0. The predicted molar refractivity (Wildman–Crippen MR) is 94.6 cm³/mol. The maximum atomic E-state index is 12.5. The Balaban J connectivity index is 1.54. The van der Waals surface area contributed by atoms with Crippen molar-refractivity contribution in [2.45, 2.75) is 26.3 Å². The number of benzene rings is 2. The van der Waals surface area contributed by atoms with Gasteiger partial charge in [-0.05, 0) is 43.1 Å². The van der Waals surface area contributed by atoms with Gasteiger partial charge in [-0.1, -0.05) is 42.5 Å². The van der Waals surface area contributed by atoms with Crippen molar-refractivity contribution in [1.82, 2.24) is 4.90 Å². The van der Waals surface area contributed by atoms with Crippen LogP contribution in [0.25, 0.3) is 0 Å². The summed E-state index contributed by atoms with van der Waals surface area (Å²) in [6.45, 7) is 4.62. The molecule has 2 aromatic carbocycles. The molecule has 23 heavy (non-hydrogen) atoms. The Morgan fingerprint density at radius 1 is 1.13 bits per heavy atom. The topological polar surface area (TPSA) is 23.6 Å². The lowest BCUT2D eigenvalue weighted by atomic mass is 10.1. The lowest BCUT2D eigenvalue weighted by molar-refractivity contribution is -0.118. The molecule has 120 valence electrons. The zero-order valence-corrected chi connectivity index (χ0v) is 14.0. The fourth-order valence-electron chi connectivity index (χ4n) is 3.18. The van der Waals surface area contributed by atoms with Crippen LogP contribution in [0.15, 0.2) is 48.5 Å². The Labute approximate surface area is 138 Å². The van der Waals surface area contributed by atoms with Crippen LogP contribution in [-0.4, -0.2) is 30.9 Å². The number of para-hydroxylation sites is 1. The number of carbonyl (C=O) groups excluding carboxylic acids is 1. The van der Waals surface area contributed by atoms with Crippen molar-refractivity contribution in [3.05, 3.63) is 65.2 Å². The van der Waals surface area contributed by atoms with Gasteiger partial charge in [0.2, 0.25) is 5.91 Å². The van der Waals surface area contributed by atoms with Crippen molar-refractivity contribution in [2.24, 2.45) is 0 Å².